The second kappa shape index (κ2) is 8.45. The molecule has 162 valence electrons. The maximum Gasteiger partial charge on any atom is 0.295 e. The largest absolute Gasteiger partial charge is 0.338 e. The normalized spacial score (nSPS) is 19.1. The smallest absolute Gasteiger partial charge is 0.295 e. The Hall–Kier alpha value is -3.29. The molecule has 1 aliphatic rings. The molecule has 1 aliphatic heterocycles. The molecule has 1 fully saturated rings. The van der Waals surface area contributed by atoms with E-state index in [1.165, 1.54) is 18.2 Å². The van der Waals surface area contributed by atoms with Crippen molar-refractivity contribution in [3.63, 3.8) is 0 Å². The molecule has 3 aromatic rings. The number of rotatable bonds is 4. The SMILES string of the molecule is CC1CC(C)CN(C(=O)c2ccccc2NC(=O)c2ccc3nc(C(F)F)[nH]c3c2)C1. The monoisotopic (exact) mass is 426 g/mol. The van der Waals surface area contributed by atoms with Crippen molar-refractivity contribution in [1.29, 1.82) is 0 Å². The van der Waals surface area contributed by atoms with Gasteiger partial charge in [-0.2, -0.15) is 0 Å². The molecule has 2 N–H and O–H groups in total. The average Bonchev–Trinajstić information content (AvgIpc) is 3.17. The fourth-order valence-corrected chi connectivity index (χ4v) is 4.25. The van der Waals surface area contributed by atoms with Crippen molar-refractivity contribution in [3.05, 3.63) is 59.4 Å². The molecule has 0 radical (unpaired) electrons. The number of para-hydroxylation sites is 1. The summed E-state index contributed by atoms with van der Waals surface area (Å²) in [7, 11) is 0. The van der Waals surface area contributed by atoms with Gasteiger partial charge in [0.05, 0.1) is 22.3 Å². The number of halogens is 2. The van der Waals surface area contributed by atoms with Crippen LogP contribution < -0.4 is 5.32 Å². The standard InChI is InChI=1S/C23H24F2N4O2/c1-13-9-14(2)12-29(11-13)23(31)16-5-3-4-6-17(16)28-22(30)15-7-8-18-19(10-15)27-21(26-18)20(24)25/h3-8,10,13-14,20H,9,11-12H2,1-2H3,(H,26,27)(H,28,30). The van der Waals surface area contributed by atoms with E-state index in [1.807, 2.05) is 4.90 Å². The molecule has 31 heavy (non-hydrogen) atoms. The molecule has 0 bridgehead atoms. The summed E-state index contributed by atoms with van der Waals surface area (Å²) in [6.45, 7) is 5.65. The quantitative estimate of drug-likeness (QED) is 0.625. The zero-order valence-electron chi connectivity index (χ0n) is 17.4. The van der Waals surface area contributed by atoms with Crippen LogP contribution in [0.1, 0.15) is 53.2 Å². The topological polar surface area (TPSA) is 78.1 Å². The zero-order valence-corrected chi connectivity index (χ0v) is 17.4. The molecule has 2 aromatic carbocycles. The maximum atomic E-state index is 13.2. The number of hydrogen-bond donors (Lipinski definition) is 2. The van der Waals surface area contributed by atoms with Crippen LogP contribution in [0, 0.1) is 11.8 Å². The summed E-state index contributed by atoms with van der Waals surface area (Å²) in [5.74, 6) is -0.133. The van der Waals surface area contributed by atoms with Crippen LogP contribution in [0.25, 0.3) is 11.0 Å². The number of aromatic nitrogens is 2. The number of H-pyrrole nitrogens is 1. The lowest BCUT2D eigenvalue weighted by Gasteiger charge is -2.35. The summed E-state index contributed by atoms with van der Waals surface area (Å²) in [4.78, 5) is 34.2. The molecular weight excluding hydrogens is 402 g/mol. The van der Waals surface area contributed by atoms with Crippen molar-refractivity contribution in [2.75, 3.05) is 18.4 Å². The van der Waals surface area contributed by atoms with E-state index in [9.17, 15) is 18.4 Å². The molecule has 4 rings (SSSR count). The number of benzene rings is 2. The molecular formula is C23H24F2N4O2. The van der Waals surface area contributed by atoms with E-state index in [4.69, 9.17) is 0 Å². The van der Waals surface area contributed by atoms with Crippen LogP contribution in [0.3, 0.4) is 0 Å². The summed E-state index contributed by atoms with van der Waals surface area (Å²) in [5, 5.41) is 2.79. The van der Waals surface area contributed by atoms with Gasteiger partial charge in [0.2, 0.25) is 0 Å². The lowest BCUT2D eigenvalue weighted by Crippen LogP contribution is -2.42. The summed E-state index contributed by atoms with van der Waals surface area (Å²) in [5.41, 5.74) is 1.83. The number of carbonyl (C=O) groups excluding carboxylic acids is 2. The minimum Gasteiger partial charge on any atom is -0.338 e. The second-order valence-corrected chi connectivity index (χ2v) is 8.31. The molecule has 2 unspecified atom stereocenters. The lowest BCUT2D eigenvalue weighted by molar-refractivity contribution is 0.0624. The van der Waals surface area contributed by atoms with Gasteiger partial charge >= 0.3 is 0 Å². The van der Waals surface area contributed by atoms with Crippen LogP contribution in [0.5, 0.6) is 0 Å². The van der Waals surface area contributed by atoms with Gasteiger partial charge in [0, 0.05) is 18.7 Å². The zero-order chi connectivity index (χ0) is 22.1. The van der Waals surface area contributed by atoms with Gasteiger partial charge < -0.3 is 15.2 Å². The summed E-state index contributed by atoms with van der Waals surface area (Å²) in [6, 6.07) is 11.4. The van der Waals surface area contributed by atoms with Crippen LogP contribution in [-0.4, -0.2) is 39.8 Å². The number of anilines is 1. The highest BCUT2D eigenvalue weighted by molar-refractivity contribution is 6.09. The van der Waals surface area contributed by atoms with Crippen molar-refractivity contribution in [3.8, 4) is 0 Å². The fraction of sp³-hybridized carbons (Fsp3) is 0.348. The number of piperidine rings is 1. The highest BCUT2D eigenvalue weighted by Gasteiger charge is 2.27. The number of fused-ring (bicyclic) bond motifs is 1. The molecule has 2 heterocycles. The van der Waals surface area contributed by atoms with Crippen molar-refractivity contribution in [1.82, 2.24) is 14.9 Å². The van der Waals surface area contributed by atoms with Crippen LogP contribution >= 0.6 is 0 Å². The van der Waals surface area contributed by atoms with E-state index in [0.717, 1.165) is 6.42 Å². The predicted molar refractivity (Wildman–Crippen MR) is 114 cm³/mol. The molecule has 2 amide bonds. The minimum absolute atomic E-state index is 0.111. The van der Waals surface area contributed by atoms with E-state index in [1.54, 1.807) is 24.3 Å². The van der Waals surface area contributed by atoms with Crippen molar-refractivity contribution >= 4 is 28.5 Å². The van der Waals surface area contributed by atoms with Gasteiger partial charge in [0.15, 0.2) is 5.82 Å². The first-order chi connectivity index (χ1) is 14.8. The Morgan fingerprint density at radius 2 is 1.84 bits per heavy atom. The Morgan fingerprint density at radius 3 is 2.55 bits per heavy atom. The van der Waals surface area contributed by atoms with Gasteiger partial charge in [0.25, 0.3) is 18.2 Å². The molecule has 8 heteroatoms. The van der Waals surface area contributed by atoms with Crippen LogP contribution in [0.15, 0.2) is 42.5 Å². The summed E-state index contributed by atoms with van der Waals surface area (Å²) >= 11 is 0. The maximum absolute atomic E-state index is 13.2. The van der Waals surface area contributed by atoms with Gasteiger partial charge in [-0.05, 0) is 48.6 Å². The third-order valence-corrected chi connectivity index (χ3v) is 5.53. The number of carbonyl (C=O) groups is 2. The van der Waals surface area contributed by atoms with Crippen molar-refractivity contribution in [2.24, 2.45) is 11.8 Å². The van der Waals surface area contributed by atoms with Crippen LogP contribution in [0.2, 0.25) is 0 Å². The van der Waals surface area contributed by atoms with Crippen molar-refractivity contribution in [2.45, 2.75) is 26.7 Å². The Morgan fingerprint density at radius 1 is 1.13 bits per heavy atom. The number of imidazole rings is 1. The minimum atomic E-state index is -2.72. The summed E-state index contributed by atoms with van der Waals surface area (Å²) in [6.07, 6.45) is -1.63. The third kappa shape index (κ3) is 4.42. The molecule has 1 saturated heterocycles. The van der Waals surface area contributed by atoms with Gasteiger partial charge in [-0.3, -0.25) is 9.59 Å². The fourth-order valence-electron chi connectivity index (χ4n) is 4.25. The van der Waals surface area contributed by atoms with E-state index in [-0.39, 0.29) is 11.5 Å². The second-order valence-electron chi connectivity index (χ2n) is 8.31. The molecule has 0 aliphatic carbocycles. The van der Waals surface area contributed by atoms with Crippen LogP contribution in [-0.2, 0) is 0 Å². The number of amides is 2. The first-order valence-corrected chi connectivity index (χ1v) is 10.3. The highest BCUT2D eigenvalue weighted by Crippen LogP contribution is 2.26. The number of nitrogens with one attached hydrogen (secondary N) is 2. The van der Waals surface area contributed by atoms with Crippen LogP contribution in [0.4, 0.5) is 14.5 Å². The van der Waals surface area contributed by atoms with Gasteiger partial charge in [-0.15, -0.1) is 0 Å². The Labute approximate surface area is 178 Å². The first-order valence-electron chi connectivity index (χ1n) is 10.3. The molecule has 6 nitrogen and oxygen atoms in total. The molecule has 2 atom stereocenters. The Kier molecular flexibility index (Phi) is 5.71. The highest BCUT2D eigenvalue weighted by atomic mass is 19.3. The van der Waals surface area contributed by atoms with E-state index in [0.29, 0.717) is 47.2 Å². The third-order valence-electron chi connectivity index (χ3n) is 5.53. The number of hydrogen-bond acceptors (Lipinski definition) is 3. The Balaban J connectivity index is 1.56. The molecule has 1 aromatic heterocycles. The van der Waals surface area contributed by atoms with Crippen molar-refractivity contribution < 1.29 is 18.4 Å². The number of nitrogens with zero attached hydrogens (tertiary/aromatic N) is 2. The predicted octanol–water partition coefficient (Wildman–Crippen LogP) is 4.87. The van der Waals surface area contributed by atoms with E-state index < -0.39 is 18.2 Å². The van der Waals surface area contributed by atoms with E-state index >= 15 is 0 Å². The lowest BCUT2D eigenvalue weighted by atomic mass is 9.91. The number of aromatic amines is 1. The Bertz CT molecular complexity index is 1120. The summed E-state index contributed by atoms with van der Waals surface area (Å²) < 4.78 is 25.7. The number of likely N-dealkylation sites (tertiary alicyclic amines) is 1. The molecule has 0 spiro atoms. The average molecular weight is 426 g/mol. The number of alkyl halides is 2. The first kappa shape index (κ1) is 21.0. The van der Waals surface area contributed by atoms with Gasteiger partial charge in [-0.25, -0.2) is 13.8 Å². The van der Waals surface area contributed by atoms with E-state index in [2.05, 4.69) is 29.1 Å². The molecule has 0 saturated carbocycles. The van der Waals surface area contributed by atoms with Gasteiger partial charge in [-0.1, -0.05) is 26.0 Å². The van der Waals surface area contributed by atoms with Gasteiger partial charge in [0.1, 0.15) is 0 Å².